The third kappa shape index (κ3) is 1.79. The highest BCUT2D eigenvalue weighted by Crippen LogP contribution is 2.30. The predicted molar refractivity (Wildman–Crippen MR) is 77.0 cm³/mol. The minimum atomic E-state index is -0.447. The fourth-order valence-corrected chi connectivity index (χ4v) is 2.44. The van der Waals surface area contributed by atoms with Crippen LogP contribution in [-0.2, 0) is 0 Å². The van der Waals surface area contributed by atoms with E-state index in [0.29, 0.717) is 0 Å². The van der Waals surface area contributed by atoms with Gasteiger partial charge in [-0.05, 0) is 6.07 Å². The summed E-state index contributed by atoms with van der Waals surface area (Å²) in [5, 5.41) is 0.984. The first-order valence-corrected chi connectivity index (χ1v) is 6.14. The molecule has 1 unspecified atom stereocenters. The van der Waals surface area contributed by atoms with E-state index in [0.717, 1.165) is 16.5 Å². The first-order chi connectivity index (χ1) is 9.72. The topological polar surface area (TPSA) is 71.6 Å². The number of nitrogens with two attached hydrogens (primary N) is 1. The summed E-state index contributed by atoms with van der Waals surface area (Å²) in [5.74, 6) is 2.72. The zero-order chi connectivity index (χ0) is 14.1. The van der Waals surface area contributed by atoms with E-state index < -0.39 is 12.1 Å². The molecule has 0 saturated carbocycles. The normalized spacial score (nSPS) is 18.1. The maximum Gasteiger partial charge on any atom is 0.346 e. The standard InChI is InChI=1S/C15H12N4O/c1-2-9-19-13(14(16)18-15(19)20)11-7-3-5-10-6-4-8-17-12(10)11/h1,3-8,13H,9H2,(H2,16,18,20). The average Bonchev–Trinajstić information content (AvgIpc) is 2.73. The van der Waals surface area contributed by atoms with Gasteiger partial charge in [-0.2, -0.15) is 4.99 Å². The van der Waals surface area contributed by atoms with E-state index in [9.17, 15) is 4.79 Å². The Morgan fingerprint density at radius 3 is 2.95 bits per heavy atom. The van der Waals surface area contributed by atoms with E-state index in [1.165, 1.54) is 4.90 Å². The molecule has 2 aromatic rings. The molecule has 5 nitrogen and oxygen atoms in total. The molecule has 98 valence electrons. The van der Waals surface area contributed by atoms with Gasteiger partial charge in [-0.15, -0.1) is 6.42 Å². The summed E-state index contributed by atoms with van der Waals surface area (Å²) >= 11 is 0. The number of pyridine rings is 1. The van der Waals surface area contributed by atoms with Gasteiger partial charge in [0.2, 0.25) is 0 Å². The molecular formula is C15H12N4O. The zero-order valence-electron chi connectivity index (χ0n) is 10.7. The second-order valence-corrected chi connectivity index (χ2v) is 4.48. The number of nitrogens with zero attached hydrogens (tertiary/aromatic N) is 3. The summed E-state index contributed by atoms with van der Waals surface area (Å²) in [6.45, 7) is 0.164. The minimum absolute atomic E-state index is 0.164. The van der Waals surface area contributed by atoms with E-state index in [1.807, 2.05) is 30.3 Å². The number of rotatable bonds is 2. The van der Waals surface area contributed by atoms with Gasteiger partial charge in [-0.3, -0.25) is 9.88 Å². The Morgan fingerprint density at radius 1 is 1.35 bits per heavy atom. The first-order valence-electron chi connectivity index (χ1n) is 6.14. The van der Waals surface area contributed by atoms with Crippen LogP contribution in [0.5, 0.6) is 0 Å². The molecule has 2 amide bonds. The number of hydrogen-bond acceptors (Lipinski definition) is 3. The highest BCUT2D eigenvalue weighted by Gasteiger charge is 2.35. The maximum atomic E-state index is 11.8. The highest BCUT2D eigenvalue weighted by atomic mass is 16.2. The van der Waals surface area contributed by atoms with E-state index >= 15 is 0 Å². The van der Waals surface area contributed by atoms with Crippen LogP contribution in [-0.4, -0.2) is 28.3 Å². The average molecular weight is 264 g/mol. The SMILES string of the molecule is C#CCN1C(=O)N=C(N)C1c1cccc2cccnc12. The second kappa shape index (κ2) is 4.67. The lowest BCUT2D eigenvalue weighted by Gasteiger charge is -2.23. The Hall–Kier alpha value is -2.87. The van der Waals surface area contributed by atoms with Crippen LogP contribution in [0.1, 0.15) is 11.6 Å². The molecule has 1 aromatic carbocycles. The number of carbonyl (C=O) groups is 1. The van der Waals surface area contributed by atoms with Gasteiger partial charge in [0.25, 0.3) is 0 Å². The molecule has 0 aliphatic carbocycles. The molecule has 0 saturated heterocycles. The lowest BCUT2D eigenvalue weighted by molar-refractivity contribution is 0.214. The third-order valence-corrected chi connectivity index (χ3v) is 3.28. The van der Waals surface area contributed by atoms with Gasteiger partial charge >= 0.3 is 6.03 Å². The molecule has 1 atom stereocenters. The number of hydrogen-bond donors (Lipinski definition) is 1. The molecule has 1 aliphatic heterocycles. The molecule has 2 N–H and O–H groups in total. The van der Waals surface area contributed by atoms with E-state index in [4.69, 9.17) is 12.2 Å². The van der Waals surface area contributed by atoms with Gasteiger partial charge in [-0.25, -0.2) is 4.79 Å². The lowest BCUT2D eigenvalue weighted by Crippen LogP contribution is -2.33. The lowest BCUT2D eigenvalue weighted by atomic mass is 10.0. The molecule has 0 spiro atoms. The van der Waals surface area contributed by atoms with E-state index in [-0.39, 0.29) is 12.4 Å². The van der Waals surface area contributed by atoms with Crippen molar-refractivity contribution in [3.63, 3.8) is 0 Å². The Morgan fingerprint density at radius 2 is 2.15 bits per heavy atom. The van der Waals surface area contributed by atoms with Crippen LogP contribution in [0.3, 0.4) is 0 Å². The summed E-state index contributed by atoms with van der Waals surface area (Å²) < 4.78 is 0. The number of para-hydroxylation sites is 1. The van der Waals surface area contributed by atoms with Gasteiger partial charge in [0.05, 0.1) is 12.1 Å². The van der Waals surface area contributed by atoms with Gasteiger partial charge < -0.3 is 5.73 Å². The monoisotopic (exact) mass is 264 g/mol. The molecule has 5 heteroatoms. The van der Waals surface area contributed by atoms with Crippen molar-refractivity contribution in [2.75, 3.05) is 6.54 Å². The van der Waals surface area contributed by atoms with Crippen molar-refractivity contribution >= 4 is 22.8 Å². The number of fused-ring (bicyclic) bond motifs is 1. The van der Waals surface area contributed by atoms with Crippen LogP contribution in [0, 0.1) is 12.3 Å². The molecule has 1 aromatic heterocycles. The number of amidine groups is 1. The maximum absolute atomic E-state index is 11.8. The molecule has 20 heavy (non-hydrogen) atoms. The summed E-state index contributed by atoms with van der Waals surface area (Å²) in [6.07, 6.45) is 7.03. The second-order valence-electron chi connectivity index (χ2n) is 4.48. The van der Waals surface area contributed by atoms with Crippen LogP contribution in [0.2, 0.25) is 0 Å². The van der Waals surface area contributed by atoms with Crippen LogP contribution >= 0.6 is 0 Å². The minimum Gasteiger partial charge on any atom is -0.385 e. The molecule has 3 rings (SSSR count). The molecule has 2 heterocycles. The highest BCUT2D eigenvalue weighted by molar-refractivity contribution is 6.05. The van der Waals surface area contributed by atoms with Crippen molar-refractivity contribution < 1.29 is 4.79 Å². The van der Waals surface area contributed by atoms with E-state index in [1.54, 1.807) is 6.20 Å². The zero-order valence-corrected chi connectivity index (χ0v) is 10.7. The van der Waals surface area contributed by atoms with Crippen molar-refractivity contribution in [3.8, 4) is 12.3 Å². The Balaban J connectivity index is 2.17. The van der Waals surface area contributed by atoms with Crippen molar-refractivity contribution in [2.24, 2.45) is 10.7 Å². The van der Waals surface area contributed by atoms with Crippen molar-refractivity contribution in [2.45, 2.75) is 6.04 Å². The molecule has 1 aliphatic rings. The van der Waals surface area contributed by atoms with Crippen molar-refractivity contribution in [3.05, 3.63) is 42.1 Å². The number of amides is 2. The quantitative estimate of drug-likeness (QED) is 0.839. The van der Waals surface area contributed by atoms with Gasteiger partial charge in [0, 0.05) is 17.1 Å². The number of carbonyl (C=O) groups excluding carboxylic acids is 1. The number of terminal acetylenes is 1. The van der Waals surface area contributed by atoms with Gasteiger partial charge in [0.15, 0.2) is 0 Å². The van der Waals surface area contributed by atoms with E-state index in [2.05, 4.69) is 15.9 Å². The summed E-state index contributed by atoms with van der Waals surface area (Å²) in [7, 11) is 0. The Labute approximate surface area is 116 Å². The molecule has 0 bridgehead atoms. The summed E-state index contributed by atoms with van der Waals surface area (Å²) in [5.41, 5.74) is 7.54. The fourth-order valence-electron chi connectivity index (χ4n) is 2.44. The summed E-state index contributed by atoms with van der Waals surface area (Å²) in [6, 6.07) is 8.73. The number of benzene rings is 1. The number of aliphatic imine (C=N–C) groups is 1. The van der Waals surface area contributed by atoms with Crippen LogP contribution < -0.4 is 5.73 Å². The van der Waals surface area contributed by atoms with Crippen LogP contribution in [0.25, 0.3) is 10.9 Å². The number of urea groups is 1. The largest absolute Gasteiger partial charge is 0.385 e. The van der Waals surface area contributed by atoms with Crippen LogP contribution in [0.15, 0.2) is 41.5 Å². The number of aromatic nitrogens is 1. The fraction of sp³-hybridized carbons (Fsp3) is 0.133. The third-order valence-electron chi connectivity index (χ3n) is 3.28. The van der Waals surface area contributed by atoms with Crippen molar-refractivity contribution in [1.82, 2.24) is 9.88 Å². The summed E-state index contributed by atoms with van der Waals surface area (Å²) in [4.78, 5) is 21.5. The van der Waals surface area contributed by atoms with Crippen molar-refractivity contribution in [1.29, 1.82) is 0 Å². The first kappa shape index (κ1) is 12.2. The van der Waals surface area contributed by atoms with Gasteiger partial charge in [-0.1, -0.05) is 30.2 Å². The molecular weight excluding hydrogens is 252 g/mol. The van der Waals surface area contributed by atoms with Crippen LogP contribution in [0.4, 0.5) is 4.79 Å². The predicted octanol–water partition coefficient (Wildman–Crippen LogP) is 1.70. The Bertz CT molecular complexity index is 755. The molecule has 0 fully saturated rings. The smallest absolute Gasteiger partial charge is 0.346 e. The Kier molecular flexibility index (Phi) is 2.84. The molecule has 0 radical (unpaired) electrons. The van der Waals surface area contributed by atoms with Gasteiger partial charge in [0.1, 0.15) is 11.9 Å².